The smallest absolute Gasteiger partial charge is 0.361 e. The predicted molar refractivity (Wildman–Crippen MR) is 50.2 cm³/mol. The molecule has 0 atom stereocenters. The largest absolute Gasteiger partial charge is 0.405 e. The Hall–Kier alpha value is -1.86. The number of nitrogens with zero attached hydrogens (tertiary/aromatic N) is 2. The lowest BCUT2D eigenvalue weighted by Gasteiger charge is -2.10. The predicted octanol–water partition coefficient (Wildman–Crippen LogP) is 2.27. The second-order valence-electron chi connectivity index (χ2n) is 3.08. The number of alkyl halides is 3. The highest BCUT2D eigenvalue weighted by Crippen LogP contribution is 2.20. The molecule has 0 radical (unpaired) electrons. The van der Waals surface area contributed by atoms with Crippen molar-refractivity contribution in [1.82, 2.24) is 4.98 Å². The van der Waals surface area contributed by atoms with Crippen molar-refractivity contribution >= 4 is 11.5 Å². The topological polar surface area (TPSA) is 68.1 Å². The second kappa shape index (κ2) is 4.33. The zero-order chi connectivity index (χ0) is 12.3. The molecular weight excluding hydrogens is 227 g/mol. The molecule has 0 spiro atoms. The quantitative estimate of drug-likeness (QED) is 0.644. The number of aromatic nitrogens is 1. The molecule has 1 aromatic heterocycles. The summed E-state index contributed by atoms with van der Waals surface area (Å²) in [5, 5.41) is 12.4. The number of anilines is 1. The average Bonchev–Trinajstić information content (AvgIpc) is 2.14. The summed E-state index contributed by atoms with van der Waals surface area (Å²) in [6.07, 6.45) is -3.44. The fourth-order valence-electron chi connectivity index (χ4n) is 1.03. The van der Waals surface area contributed by atoms with Crippen molar-refractivity contribution in [2.45, 2.75) is 13.1 Å². The Bertz CT molecular complexity index is 406. The Kier molecular flexibility index (Phi) is 3.31. The van der Waals surface area contributed by atoms with Crippen molar-refractivity contribution in [3.05, 3.63) is 27.9 Å². The SMILES string of the molecule is Cc1cc([N+](=O)[O-])cnc1NCC(F)(F)F. The molecule has 0 aromatic carbocycles. The van der Waals surface area contributed by atoms with Crippen LogP contribution in [0, 0.1) is 17.0 Å². The summed E-state index contributed by atoms with van der Waals surface area (Å²) < 4.78 is 35.6. The summed E-state index contributed by atoms with van der Waals surface area (Å²) in [4.78, 5) is 13.2. The number of hydrogen-bond acceptors (Lipinski definition) is 4. The Balaban J connectivity index is 2.80. The molecule has 0 aliphatic heterocycles. The van der Waals surface area contributed by atoms with Gasteiger partial charge in [0, 0.05) is 6.07 Å². The van der Waals surface area contributed by atoms with E-state index in [1.807, 2.05) is 0 Å². The summed E-state index contributed by atoms with van der Waals surface area (Å²) in [5.41, 5.74) is 0.0357. The molecule has 8 heteroatoms. The maximum atomic E-state index is 11.9. The van der Waals surface area contributed by atoms with Crippen molar-refractivity contribution < 1.29 is 18.1 Å². The van der Waals surface area contributed by atoms with Crippen molar-refractivity contribution in [2.75, 3.05) is 11.9 Å². The van der Waals surface area contributed by atoms with E-state index in [-0.39, 0.29) is 11.5 Å². The minimum absolute atomic E-state index is 0.0112. The number of halogens is 3. The maximum Gasteiger partial charge on any atom is 0.405 e. The van der Waals surface area contributed by atoms with Gasteiger partial charge in [-0.05, 0) is 12.5 Å². The van der Waals surface area contributed by atoms with Crippen LogP contribution in [0.3, 0.4) is 0 Å². The van der Waals surface area contributed by atoms with Crippen LogP contribution in [0.4, 0.5) is 24.7 Å². The molecule has 88 valence electrons. The summed E-state index contributed by atoms with van der Waals surface area (Å²) in [5.74, 6) is -0.0112. The second-order valence-corrected chi connectivity index (χ2v) is 3.08. The van der Waals surface area contributed by atoms with Crippen LogP contribution >= 0.6 is 0 Å². The number of aryl methyl sites for hydroxylation is 1. The summed E-state index contributed by atoms with van der Waals surface area (Å²) in [7, 11) is 0. The van der Waals surface area contributed by atoms with E-state index in [9.17, 15) is 23.3 Å². The monoisotopic (exact) mass is 235 g/mol. The van der Waals surface area contributed by atoms with Crippen LogP contribution < -0.4 is 5.32 Å². The van der Waals surface area contributed by atoms with E-state index in [1.165, 1.54) is 6.92 Å². The molecule has 0 bridgehead atoms. The third-order valence-electron chi connectivity index (χ3n) is 1.73. The van der Waals surface area contributed by atoms with Crippen LogP contribution in [-0.4, -0.2) is 22.6 Å². The highest BCUT2D eigenvalue weighted by Gasteiger charge is 2.27. The van der Waals surface area contributed by atoms with Gasteiger partial charge in [0.15, 0.2) is 0 Å². The number of hydrogen-bond donors (Lipinski definition) is 1. The highest BCUT2D eigenvalue weighted by atomic mass is 19.4. The summed E-state index contributed by atoms with van der Waals surface area (Å²) in [6.45, 7) is 0.220. The van der Waals surface area contributed by atoms with Gasteiger partial charge in [-0.2, -0.15) is 13.2 Å². The molecule has 0 fully saturated rings. The third kappa shape index (κ3) is 3.37. The fraction of sp³-hybridized carbons (Fsp3) is 0.375. The van der Waals surface area contributed by atoms with Crippen LogP contribution in [0.1, 0.15) is 5.56 Å². The van der Waals surface area contributed by atoms with Gasteiger partial charge >= 0.3 is 6.18 Å². The van der Waals surface area contributed by atoms with Crippen molar-refractivity contribution in [3.8, 4) is 0 Å². The van der Waals surface area contributed by atoms with Gasteiger partial charge < -0.3 is 5.32 Å². The maximum absolute atomic E-state index is 11.9. The van der Waals surface area contributed by atoms with E-state index in [0.29, 0.717) is 5.56 Å². The number of nitrogens with one attached hydrogen (secondary N) is 1. The van der Waals surface area contributed by atoms with Crippen molar-refractivity contribution in [3.63, 3.8) is 0 Å². The number of rotatable bonds is 3. The van der Waals surface area contributed by atoms with Gasteiger partial charge in [-0.25, -0.2) is 4.98 Å². The minimum Gasteiger partial charge on any atom is -0.361 e. The molecule has 1 rings (SSSR count). The van der Waals surface area contributed by atoms with E-state index < -0.39 is 17.6 Å². The van der Waals surface area contributed by atoms with Gasteiger partial charge in [-0.15, -0.1) is 0 Å². The van der Waals surface area contributed by atoms with E-state index in [2.05, 4.69) is 10.3 Å². The summed E-state index contributed by atoms with van der Waals surface area (Å²) in [6, 6.07) is 1.16. The molecular formula is C8H8F3N3O2. The van der Waals surface area contributed by atoms with E-state index >= 15 is 0 Å². The van der Waals surface area contributed by atoms with Crippen molar-refractivity contribution in [2.24, 2.45) is 0 Å². The van der Waals surface area contributed by atoms with Gasteiger partial charge in [0.2, 0.25) is 0 Å². The molecule has 0 unspecified atom stereocenters. The van der Waals surface area contributed by atoms with E-state index in [0.717, 1.165) is 12.3 Å². The lowest BCUT2D eigenvalue weighted by Crippen LogP contribution is -2.22. The van der Waals surface area contributed by atoms with Gasteiger partial charge in [-0.1, -0.05) is 0 Å². The standard InChI is InChI=1S/C8H8F3N3O2/c1-5-2-6(14(15)16)3-12-7(5)13-4-8(9,10)11/h2-3H,4H2,1H3,(H,12,13). The van der Waals surface area contributed by atoms with Gasteiger partial charge in [-0.3, -0.25) is 10.1 Å². The molecule has 0 aliphatic rings. The van der Waals surface area contributed by atoms with Gasteiger partial charge in [0.05, 0.1) is 4.92 Å². The minimum atomic E-state index is -4.35. The molecule has 0 aliphatic carbocycles. The first kappa shape index (κ1) is 12.2. The molecule has 1 heterocycles. The first-order chi connectivity index (χ1) is 7.29. The first-order valence-corrected chi connectivity index (χ1v) is 4.21. The van der Waals surface area contributed by atoms with Crippen LogP contribution in [0.2, 0.25) is 0 Å². The molecule has 0 saturated carbocycles. The highest BCUT2D eigenvalue weighted by molar-refractivity contribution is 5.48. The Morgan fingerprint density at radius 3 is 2.62 bits per heavy atom. The van der Waals surface area contributed by atoms with Gasteiger partial charge in [0.1, 0.15) is 18.6 Å². The molecule has 16 heavy (non-hydrogen) atoms. The lowest BCUT2D eigenvalue weighted by molar-refractivity contribution is -0.385. The van der Waals surface area contributed by atoms with Crippen LogP contribution in [0.5, 0.6) is 0 Å². The van der Waals surface area contributed by atoms with Crippen molar-refractivity contribution in [1.29, 1.82) is 0 Å². The lowest BCUT2D eigenvalue weighted by atomic mass is 10.2. The van der Waals surface area contributed by atoms with Gasteiger partial charge in [0.25, 0.3) is 5.69 Å². The van der Waals surface area contributed by atoms with Crippen LogP contribution in [-0.2, 0) is 0 Å². The Morgan fingerprint density at radius 2 is 2.19 bits per heavy atom. The zero-order valence-electron chi connectivity index (χ0n) is 8.21. The Labute approximate surface area is 88.4 Å². The van der Waals surface area contributed by atoms with Crippen LogP contribution in [0.25, 0.3) is 0 Å². The number of nitro groups is 1. The zero-order valence-corrected chi connectivity index (χ0v) is 8.21. The summed E-state index contributed by atoms with van der Waals surface area (Å²) >= 11 is 0. The molecule has 5 nitrogen and oxygen atoms in total. The van der Waals surface area contributed by atoms with Crippen LogP contribution in [0.15, 0.2) is 12.3 Å². The molecule has 0 saturated heterocycles. The third-order valence-corrected chi connectivity index (χ3v) is 1.73. The molecule has 1 aromatic rings. The van der Waals surface area contributed by atoms with E-state index in [4.69, 9.17) is 0 Å². The number of pyridine rings is 1. The molecule has 1 N–H and O–H groups in total. The average molecular weight is 235 g/mol. The normalized spacial score (nSPS) is 11.2. The van der Waals surface area contributed by atoms with E-state index in [1.54, 1.807) is 0 Å². The fourth-order valence-corrected chi connectivity index (χ4v) is 1.03. The Morgan fingerprint density at radius 1 is 1.56 bits per heavy atom. The molecule has 0 amide bonds. The first-order valence-electron chi connectivity index (χ1n) is 4.21.